The third kappa shape index (κ3) is 5.22. The average Bonchev–Trinajstić information content (AvgIpc) is 3.34. The van der Waals surface area contributed by atoms with Gasteiger partial charge in [0, 0.05) is 54.5 Å². The van der Waals surface area contributed by atoms with Crippen LogP contribution in [0.1, 0.15) is 42.6 Å². The van der Waals surface area contributed by atoms with Crippen molar-refractivity contribution < 1.29 is 14.5 Å². The number of benzene rings is 2. The third-order valence-electron chi connectivity index (χ3n) is 6.11. The summed E-state index contributed by atoms with van der Waals surface area (Å²) in [5.74, 6) is -0.239. The van der Waals surface area contributed by atoms with Gasteiger partial charge in [0.2, 0.25) is 5.56 Å². The van der Waals surface area contributed by atoms with E-state index in [-0.39, 0.29) is 16.9 Å². The van der Waals surface area contributed by atoms with Crippen LogP contribution in [0.2, 0.25) is 0 Å². The summed E-state index contributed by atoms with van der Waals surface area (Å²) in [7, 11) is -1.33. The Balaban J connectivity index is 0.00000324. The van der Waals surface area contributed by atoms with E-state index >= 15 is 0 Å². The standard InChI is InChI=1S/C25H30N4O3S.H2O/c1-4-29(5-2)33(32)19-9-11-23(28-12-6-7-13-28)21(16-19)25(31)26-18-8-10-22-20(15-18)17(3)14-24(30)27-22;/h8-11,14-16H,4-7,12-13H2,1-3H3,(H,26,31)(H,27,30);1H2. The van der Waals surface area contributed by atoms with Gasteiger partial charge in [-0.3, -0.25) is 9.59 Å². The lowest BCUT2D eigenvalue weighted by atomic mass is 10.1. The smallest absolute Gasteiger partial charge is 0.257 e. The van der Waals surface area contributed by atoms with Crippen LogP contribution in [-0.2, 0) is 11.0 Å². The van der Waals surface area contributed by atoms with E-state index in [0.29, 0.717) is 29.2 Å². The molecular formula is C25H32N4O4S. The molecule has 0 saturated carbocycles. The zero-order valence-electron chi connectivity index (χ0n) is 19.8. The largest absolute Gasteiger partial charge is 0.412 e. The van der Waals surface area contributed by atoms with E-state index in [4.69, 9.17) is 0 Å². The van der Waals surface area contributed by atoms with Crippen LogP contribution in [-0.4, -0.2) is 51.1 Å². The number of anilines is 2. The van der Waals surface area contributed by atoms with Crippen molar-refractivity contribution in [1.29, 1.82) is 0 Å². The fourth-order valence-corrected chi connectivity index (χ4v) is 5.52. The minimum absolute atomic E-state index is 0. The lowest BCUT2D eigenvalue weighted by Gasteiger charge is -2.23. The molecule has 34 heavy (non-hydrogen) atoms. The maximum atomic E-state index is 13.4. The van der Waals surface area contributed by atoms with Crippen molar-refractivity contribution in [2.75, 3.05) is 36.4 Å². The van der Waals surface area contributed by atoms with Crippen molar-refractivity contribution in [2.24, 2.45) is 0 Å². The van der Waals surface area contributed by atoms with Crippen molar-refractivity contribution in [3.63, 3.8) is 0 Å². The summed E-state index contributed by atoms with van der Waals surface area (Å²) < 4.78 is 14.9. The second kappa shape index (κ2) is 10.9. The maximum Gasteiger partial charge on any atom is 0.257 e. The summed E-state index contributed by atoms with van der Waals surface area (Å²) in [4.78, 5) is 30.8. The minimum atomic E-state index is -1.33. The molecule has 9 heteroatoms. The Morgan fingerprint density at radius 2 is 1.79 bits per heavy atom. The van der Waals surface area contributed by atoms with Gasteiger partial charge in [-0.15, -0.1) is 0 Å². The van der Waals surface area contributed by atoms with E-state index in [1.54, 1.807) is 24.3 Å². The number of fused-ring (bicyclic) bond motifs is 1. The predicted octanol–water partition coefficient (Wildman–Crippen LogP) is 3.23. The first-order valence-corrected chi connectivity index (χ1v) is 12.5. The molecule has 0 spiro atoms. The molecule has 4 N–H and O–H groups in total. The van der Waals surface area contributed by atoms with Gasteiger partial charge in [0.05, 0.1) is 10.5 Å². The second-order valence-electron chi connectivity index (χ2n) is 8.27. The zero-order chi connectivity index (χ0) is 23.5. The summed E-state index contributed by atoms with van der Waals surface area (Å²) >= 11 is 0. The number of hydrogen-bond donors (Lipinski definition) is 2. The lowest BCUT2D eigenvalue weighted by Crippen LogP contribution is -2.27. The average molecular weight is 485 g/mol. The quantitative estimate of drug-likeness (QED) is 0.535. The molecular weight excluding hydrogens is 452 g/mol. The Bertz CT molecular complexity index is 1260. The van der Waals surface area contributed by atoms with Gasteiger partial charge in [-0.05, 0) is 61.7 Å². The highest BCUT2D eigenvalue weighted by molar-refractivity contribution is 7.82. The van der Waals surface area contributed by atoms with E-state index in [0.717, 1.165) is 48.1 Å². The van der Waals surface area contributed by atoms with Crippen LogP contribution >= 0.6 is 0 Å². The number of nitrogens with zero attached hydrogens (tertiary/aromatic N) is 2. The van der Waals surface area contributed by atoms with E-state index in [2.05, 4.69) is 15.2 Å². The number of aryl methyl sites for hydroxylation is 1. The van der Waals surface area contributed by atoms with Crippen LogP contribution in [0.5, 0.6) is 0 Å². The Morgan fingerprint density at radius 1 is 1.09 bits per heavy atom. The van der Waals surface area contributed by atoms with Crippen molar-refractivity contribution in [1.82, 2.24) is 9.29 Å². The Kier molecular flexibility index (Phi) is 8.24. The summed E-state index contributed by atoms with van der Waals surface area (Å²) in [5, 5.41) is 3.89. The van der Waals surface area contributed by atoms with E-state index in [1.165, 1.54) is 0 Å². The molecule has 1 unspecified atom stereocenters. The van der Waals surface area contributed by atoms with Crippen LogP contribution in [0.15, 0.2) is 52.2 Å². The van der Waals surface area contributed by atoms with Crippen LogP contribution in [0, 0.1) is 6.92 Å². The van der Waals surface area contributed by atoms with E-state index < -0.39 is 11.0 Å². The number of aromatic nitrogens is 1. The molecule has 1 fully saturated rings. The SMILES string of the molecule is CCN(CC)S(=O)c1ccc(N2CCCC2)c(C(=O)Nc2ccc3[nH]c(=O)cc(C)c3c2)c1.O. The molecule has 1 saturated heterocycles. The highest BCUT2D eigenvalue weighted by atomic mass is 32.2. The minimum Gasteiger partial charge on any atom is -0.412 e. The highest BCUT2D eigenvalue weighted by Gasteiger charge is 2.22. The third-order valence-corrected chi connectivity index (χ3v) is 7.75. The van der Waals surface area contributed by atoms with Crippen LogP contribution in [0.3, 0.4) is 0 Å². The first kappa shape index (κ1) is 25.6. The van der Waals surface area contributed by atoms with E-state index in [1.807, 2.05) is 43.3 Å². The van der Waals surface area contributed by atoms with Crippen molar-refractivity contribution in [2.45, 2.75) is 38.5 Å². The number of nitrogens with one attached hydrogen (secondary N) is 2. The first-order valence-electron chi connectivity index (χ1n) is 11.4. The predicted molar refractivity (Wildman–Crippen MR) is 138 cm³/mol. The van der Waals surface area contributed by atoms with Gasteiger partial charge in [-0.1, -0.05) is 13.8 Å². The highest BCUT2D eigenvalue weighted by Crippen LogP contribution is 2.29. The van der Waals surface area contributed by atoms with Gasteiger partial charge in [0.25, 0.3) is 5.91 Å². The number of H-pyrrole nitrogens is 1. The van der Waals surface area contributed by atoms with Crippen molar-refractivity contribution in [3.8, 4) is 0 Å². The Hall–Kier alpha value is -3.01. The molecule has 1 aliphatic heterocycles. The monoisotopic (exact) mass is 484 g/mol. The van der Waals surface area contributed by atoms with Gasteiger partial charge in [0.1, 0.15) is 11.0 Å². The molecule has 3 aromatic rings. The van der Waals surface area contributed by atoms with Gasteiger partial charge in [0.15, 0.2) is 0 Å². The molecule has 1 aliphatic rings. The molecule has 0 bridgehead atoms. The topological polar surface area (TPSA) is 117 Å². The summed E-state index contributed by atoms with van der Waals surface area (Å²) in [6, 6.07) is 12.6. The fourth-order valence-electron chi connectivity index (χ4n) is 4.35. The number of hydrogen-bond acceptors (Lipinski definition) is 4. The number of amides is 1. The maximum absolute atomic E-state index is 13.4. The number of rotatable bonds is 7. The molecule has 1 amide bonds. The molecule has 0 aliphatic carbocycles. The molecule has 2 aromatic carbocycles. The van der Waals surface area contributed by atoms with Gasteiger partial charge >= 0.3 is 0 Å². The molecule has 1 aromatic heterocycles. The van der Waals surface area contributed by atoms with Crippen LogP contribution in [0.25, 0.3) is 10.9 Å². The number of carbonyl (C=O) groups is 1. The van der Waals surface area contributed by atoms with Gasteiger partial charge in [-0.25, -0.2) is 8.51 Å². The molecule has 0 radical (unpaired) electrons. The molecule has 182 valence electrons. The summed E-state index contributed by atoms with van der Waals surface area (Å²) in [6.07, 6.45) is 2.19. The number of pyridine rings is 1. The Morgan fingerprint density at radius 3 is 2.47 bits per heavy atom. The molecule has 4 rings (SSSR count). The van der Waals surface area contributed by atoms with E-state index in [9.17, 15) is 13.8 Å². The van der Waals surface area contributed by atoms with Crippen LogP contribution < -0.4 is 15.8 Å². The van der Waals surface area contributed by atoms with Crippen molar-refractivity contribution >= 4 is 39.2 Å². The Labute approximate surface area is 201 Å². The van der Waals surface area contributed by atoms with Crippen LogP contribution in [0.4, 0.5) is 11.4 Å². The molecule has 1 atom stereocenters. The normalized spacial score (nSPS) is 14.3. The van der Waals surface area contributed by atoms with Crippen molar-refractivity contribution in [3.05, 3.63) is 63.9 Å². The second-order valence-corrected chi connectivity index (χ2v) is 9.75. The van der Waals surface area contributed by atoms with Gasteiger partial charge in [-0.2, -0.15) is 0 Å². The fraction of sp³-hybridized carbons (Fsp3) is 0.360. The number of aromatic amines is 1. The summed E-state index contributed by atoms with van der Waals surface area (Å²) in [5.41, 5.74) is 3.46. The number of carbonyl (C=O) groups excluding carboxylic acids is 1. The first-order chi connectivity index (χ1) is 15.9. The lowest BCUT2D eigenvalue weighted by molar-refractivity contribution is 0.102. The zero-order valence-corrected chi connectivity index (χ0v) is 20.6. The van der Waals surface area contributed by atoms with Gasteiger partial charge < -0.3 is 20.7 Å². The molecule has 8 nitrogen and oxygen atoms in total. The summed E-state index contributed by atoms with van der Waals surface area (Å²) in [6.45, 7) is 8.96. The molecule has 2 heterocycles.